The normalized spacial score (nSPS) is 11.2. The van der Waals surface area contributed by atoms with Crippen molar-refractivity contribution in [2.24, 2.45) is 0 Å². The Morgan fingerprint density at radius 3 is 1.52 bits per heavy atom. The molecule has 0 bridgehead atoms. The van der Waals surface area contributed by atoms with Crippen LogP contribution in [0.2, 0.25) is 0 Å². The molecule has 29 heavy (non-hydrogen) atoms. The van der Waals surface area contributed by atoms with E-state index in [4.69, 9.17) is 0 Å². The zero-order valence-corrected chi connectivity index (χ0v) is 15.1. The molecule has 0 unspecified atom stereocenters. The molecule has 0 amide bonds. The molecule has 3 aromatic rings. The van der Waals surface area contributed by atoms with E-state index in [1.54, 1.807) is 6.92 Å². The third kappa shape index (κ3) is 3.45. The Bertz CT molecular complexity index is 1050. The van der Waals surface area contributed by atoms with Crippen LogP contribution in [0.1, 0.15) is 23.6 Å². The van der Waals surface area contributed by atoms with Crippen molar-refractivity contribution >= 4 is 11.4 Å². The van der Waals surface area contributed by atoms with Crippen molar-refractivity contribution in [3.63, 3.8) is 0 Å². The zero-order valence-electron chi connectivity index (χ0n) is 15.1. The highest BCUT2D eigenvalue weighted by Gasteiger charge is 2.35. The number of rotatable bonds is 5. The Morgan fingerprint density at radius 1 is 0.759 bits per heavy atom. The molecule has 0 aliphatic rings. The minimum atomic E-state index is -1.19. The van der Waals surface area contributed by atoms with Crippen LogP contribution < -0.4 is 0 Å². The maximum Gasteiger partial charge on any atom is 0.311 e. The summed E-state index contributed by atoms with van der Waals surface area (Å²) in [6.45, 7) is 1.66. The molecule has 2 N–H and O–H groups in total. The number of nitro groups is 2. The summed E-state index contributed by atoms with van der Waals surface area (Å²) >= 11 is 0. The van der Waals surface area contributed by atoms with E-state index in [2.05, 4.69) is 0 Å². The topological polar surface area (TPSA) is 127 Å². The van der Waals surface area contributed by atoms with Gasteiger partial charge in [0.15, 0.2) is 11.5 Å². The number of hydrogen-bond donors (Lipinski definition) is 2. The van der Waals surface area contributed by atoms with E-state index < -0.39 is 44.0 Å². The summed E-state index contributed by atoms with van der Waals surface area (Å²) in [6, 6.07) is 12.9. The molecular weight excluding hydrogens is 383 g/mol. The predicted octanol–water partition coefficient (Wildman–Crippen LogP) is 4.41. The van der Waals surface area contributed by atoms with Crippen LogP contribution in [0.4, 0.5) is 15.8 Å². The Morgan fingerprint density at radius 2 is 1.14 bits per heavy atom. The Kier molecular flexibility index (Phi) is 4.90. The molecule has 0 radical (unpaired) electrons. The van der Waals surface area contributed by atoms with Crippen LogP contribution in [-0.4, -0.2) is 20.1 Å². The third-order valence-corrected chi connectivity index (χ3v) is 4.92. The van der Waals surface area contributed by atoms with E-state index in [1.807, 2.05) is 0 Å². The molecule has 0 heterocycles. The minimum absolute atomic E-state index is 0.341. The maximum absolute atomic E-state index is 13.5. The molecule has 148 valence electrons. The van der Waals surface area contributed by atoms with Crippen LogP contribution in [0.15, 0.2) is 60.7 Å². The lowest BCUT2D eigenvalue weighted by molar-refractivity contribution is -0.386. The van der Waals surface area contributed by atoms with E-state index in [9.17, 15) is 34.8 Å². The van der Waals surface area contributed by atoms with Crippen LogP contribution in [-0.2, 0) is 5.41 Å². The fraction of sp³-hybridized carbons (Fsp3) is 0.100. The van der Waals surface area contributed by atoms with Gasteiger partial charge in [-0.15, -0.1) is 0 Å². The average Bonchev–Trinajstić information content (AvgIpc) is 2.68. The van der Waals surface area contributed by atoms with E-state index in [-0.39, 0.29) is 0 Å². The van der Waals surface area contributed by atoms with Crippen LogP contribution in [0.3, 0.4) is 0 Å². The van der Waals surface area contributed by atoms with Crippen LogP contribution in [0.5, 0.6) is 11.5 Å². The SMILES string of the molecule is CC(c1ccc(F)cc1)(c1ccc(O)c([N+](=O)[O-])c1)c1ccc(O)c([N+](=O)[O-])c1. The molecule has 0 aliphatic carbocycles. The Balaban J connectivity index is 2.33. The van der Waals surface area contributed by atoms with Gasteiger partial charge in [-0.05, 0) is 47.9 Å². The Labute approximate surface area is 163 Å². The second-order valence-electron chi connectivity index (χ2n) is 6.55. The molecule has 0 aromatic heterocycles. The zero-order chi connectivity index (χ0) is 21.3. The summed E-state index contributed by atoms with van der Waals surface area (Å²) in [6.07, 6.45) is 0. The summed E-state index contributed by atoms with van der Waals surface area (Å²) in [7, 11) is 0. The van der Waals surface area contributed by atoms with Gasteiger partial charge < -0.3 is 10.2 Å². The predicted molar refractivity (Wildman–Crippen MR) is 101 cm³/mol. The quantitative estimate of drug-likeness (QED) is 0.372. The van der Waals surface area contributed by atoms with Gasteiger partial charge in [0.2, 0.25) is 0 Å². The van der Waals surface area contributed by atoms with Crippen molar-refractivity contribution in [1.29, 1.82) is 0 Å². The Hall–Kier alpha value is -4.01. The van der Waals surface area contributed by atoms with Gasteiger partial charge in [0, 0.05) is 17.5 Å². The van der Waals surface area contributed by atoms with Gasteiger partial charge in [-0.3, -0.25) is 20.2 Å². The van der Waals surface area contributed by atoms with Gasteiger partial charge in [0.05, 0.1) is 9.85 Å². The second-order valence-corrected chi connectivity index (χ2v) is 6.55. The van der Waals surface area contributed by atoms with Gasteiger partial charge in [-0.1, -0.05) is 24.3 Å². The smallest absolute Gasteiger partial charge is 0.311 e. The van der Waals surface area contributed by atoms with Crippen LogP contribution in [0.25, 0.3) is 0 Å². The van der Waals surface area contributed by atoms with Crippen molar-refractivity contribution in [3.05, 3.63) is 103 Å². The number of hydrogen-bond acceptors (Lipinski definition) is 6. The molecule has 0 aliphatic heterocycles. The van der Waals surface area contributed by atoms with Gasteiger partial charge in [-0.25, -0.2) is 4.39 Å². The van der Waals surface area contributed by atoms with Gasteiger partial charge >= 0.3 is 11.4 Å². The average molecular weight is 398 g/mol. The monoisotopic (exact) mass is 398 g/mol. The molecule has 0 spiro atoms. The number of phenols is 2. The first-order valence-electron chi connectivity index (χ1n) is 8.36. The van der Waals surface area contributed by atoms with E-state index >= 15 is 0 Å². The first-order valence-corrected chi connectivity index (χ1v) is 8.36. The standard InChI is InChI=1S/C20H15FN2O6/c1-20(12-2-6-15(21)7-3-12,13-4-8-18(24)16(10-13)22(26)27)14-5-9-19(25)17(11-14)23(28)29/h2-11,24-25H,1H3. The molecule has 0 fully saturated rings. The van der Waals surface area contributed by atoms with E-state index in [0.29, 0.717) is 16.7 Å². The molecule has 0 saturated heterocycles. The highest BCUT2D eigenvalue weighted by atomic mass is 19.1. The van der Waals surface area contributed by atoms with Crippen molar-refractivity contribution in [3.8, 4) is 11.5 Å². The molecule has 3 aromatic carbocycles. The molecule has 8 nitrogen and oxygen atoms in total. The largest absolute Gasteiger partial charge is 0.502 e. The highest BCUT2D eigenvalue weighted by molar-refractivity contribution is 5.59. The number of benzene rings is 3. The lowest BCUT2D eigenvalue weighted by Crippen LogP contribution is -2.25. The van der Waals surface area contributed by atoms with Crippen molar-refractivity contribution in [1.82, 2.24) is 0 Å². The van der Waals surface area contributed by atoms with Gasteiger partial charge in [-0.2, -0.15) is 0 Å². The summed E-state index contributed by atoms with van der Waals surface area (Å²) in [5, 5.41) is 42.1. The number of phenolic OH excluding ortho intramolecular Hbond substituents is 2. The lowest BCUT2D eigenvalue weighted by atomic mass is 9.71. The van der Waals surface area contributed by atoms with Gasteiger partial charge in [0.25, 0.3) is 0 Å². The van der Waals surface area contributed by atoms with Crippen molar-refractivity contribution in [2.45, 2.75) is 12.3 Å². The summed E-state index contributed by atoms with van der Waals surface area (Å²) in [5.41, 5.74) is -1.08. The number of nitro benzene ring substituents is 2. The number of aromatic hydroxyl groups is 2. The minimum Gasteiger partial charge on any atom is -0.502 e. The van der Waals surface area contributed by atoms with Gasteiger partial charge in [0.1, 0.15) is 5.82 Å². The fourth-order valence-corrected chi connectivity index (χ4v) is 3.24. The van der Waals surface area contributed by atoms with Crippen molar-refractivity contribution < 1.29 is 24.5 Å². The molecule has 0 saturated carbocycles. The molecule has 9 heteroatoms. The highest BCUT2D eigenvalue weighted by Crippen LogP contribution is 2.43. The first kappa shape index (κ1) is 19.7. The third-order valence-electron chi connectivity index (χ3n) is 4.92. The number of halogens is 1. The van der Waals surface area contributed by atoms with Crippen molar-refractivity contribution in [2.75, 3.05) is 0 Å². The molecule has 3 rings (SSSR count). The first-order chi connectivity index (χ1) is 13.6. The van der Waals surface area contributed by atoms with Crippen LogP contribution in [0, 0.1) is 26.0 Å². The fourth-order valence-electron chi connectivity index (χ4n) is 3.24. The second kappa shape index (κ2) is 7.19. The maximum atomic E-state index is 13.5. The summed E-state index contributed by atoms with van der Waals surface area (Å²) in [4.78, 5) is 21.1. The van der Waals surface area contributed by atoms with Crippen LogP contribution >= 0.6 is 0 Å². The summed E-state index contributed by atoms with van der Waals surface area (Å²) < 4.78 is 13.5. The van der Waals surface area contributed by atoms with E-state index in [1.165, 1.54) is 36.4 Å². The molecule has 0 atom stereocenters. The lowest BCUT2D eigenvalue weighted by Gasteiger charge is -2.31. The van der Waals surface area contributed by atoms with E-state index in [0.717, 1.165) is 24.3 Å². The number of nitrogens with zero attached hydrogens (tertiary/aromatic N) is 2. The molecular formula is C20H15FN2O6. The summed E-state index contributed by atoms with van der Waals surface area (Å²) in [5.74, 6) is -1.56.